The van der Waals surface area contributed by atoms with Crippen molar-refractivity contribution in [3.05, 3.63) is 71.3 Å². The molecule has 2 aromatic carbocycles. The molecule has 0 aliphatic rings. The maximum absolute atomic E-state index is 13.2. The van der Waals surface area contributed by atoms with Crippen LogP contribution in [0.25, 0.3) is 0 Å². The summed E-state index contributed by atoms with van der Waals surface area (Å²) in [6.07, 6.45) is 0.619. The predicted molar refractivity (Wildman–Crippen MR) is 136 cm³/mol. The molecule has 0 aliphatic heterocycles. The van der Waals surface area contributed by atoms with Gasteiger partial charge in [0.25, 0.3) is 0 Å². The van der Waals surface area contributed by atoms with E-state index in [0.717, 1.165) is 17.0 Å². The molecule has 0 aliphatic carbocycles. The summed E-state index contributed by atoms with van der Waals surface area (Å²) in [5.74, 6) is 1.75. The Bertz CT molecular complexity index is 1130. The predicted octanol–water partition coefficient (Wildman–Crippen LogP) is 4.25. The maximum atomic E-state index is 13.2. The summed E-state index contributed by atoms with van der Waals surface area (Å²) in [6.45, 7) is 4.21. The first-order valence-electron chi connectivity index (χ1n) is 10.5. The van der Waals surface area contributed by atoms with Gasteiger partial charge in [0, 0.05) is 41.8 Å². The van der Waals surface area contributed by atoms with Crippen molar-refractivity contribution in [1.82, 2.24) is 15.3 Å². The Morgan fingerprint density at radius 2 is 1.56 bits per heavy atom. The topological polar surface area (TPSA) is 92.7 Å². The van der Waals surface area contributed by atoms with Crippen molar-refractivity contribution in [2.45, 2.75) is 20.3 Å². The van der Waals surface area contributed by atoms with Gasteiger partial charge in [-0.3, -0.25) is 10.3 Å². The molecule has 0 unspecified atom stereocenters. The Hall–Kier alpha value is -3.79. The van der Waals surface area contributed by atoms with E-state index in [0.29, 0.717) is 47.2 Å². The van der Waals surface area contributed by atoms with Crippen LogP contribution in [0.15, 0.2) is 53.5 Å². The molecule has 1 aromatic heterocycles. The number of hydrogen-bond donors (Lipinski definition) is 3. The Balaban J connectivity index is 1.75. The molecule has 34 heavy (non-hydrogen) atoms. The number of anilines is 2. The van der Waals surface area contributed by atoms with Gasteiger partial charge in [-0.15, -0.1) is 0 Å². The van der Waals surface area contributed by atoms with Crippen molar-refractivity contribution in [3.63, 3.8) is 0 Å². The van der Waals surface area contributed by atoms with Gasteiger partial charge in [0.2, 0.25) is 11.9 Å². The van der Waals surface area contributed by atoms with Crippen LogP contribution in [0.1, 0.15) is 17.0 Å². The molecule has 1 heterocycles. The molecule has 178 valence electrons. The highest BCUT2D eigenvalue weighted by atomic mass is 32.1. The monoisotopic (exact) mass is 482 g/mol. The van der Waals surface area contributed by atoms with E-state index in [1.54, 1.807) is 44.6 Å². The van der Waals surface area contributed by atoms with Crippen molar-refractivity contribution in [2.75, 3.05) is 31.4 Å². The zero-order valence-electron chi connectivity index (χ0n) is 19.5. The zero-order valence-corrected chi connectivity index (χ0v) is 20.3. The fourth-order valence-corrected chi connectivity index (χ4v) is 3.31. The van der Waals surface area contributed by atoms with Gasteiger partial charge in [0.1, 0.15) is 17.3 Å². The van der Waals surface area contributed by atoms with Crippen LogP contribution in [0.5, 0.6) is 11.5 Å². The smallest absolute Gasteiger partial charge is 0.229 e. The molecule has 0 fully saturated rings. The number of nitrogens with one attached hydrogen (secondary N) is 3. The van der Waals surface area contributed by atoms with Crippen molar-refractivity contribution in [1.29, 1.82) is 0 Å². The molecule has 0 spiro atoms. The Kier molecular flexibility index (Phi) is 8.69. The van der Waals surface area contributed by atoms with Gasteiger partial charge in [0.05, 0.1) is 14.2 Å². The fraction of sp³-hybridized carbons (Fsp3) is 0.250. The lowest BCUT2D eigenvalue weighted by molar-refractivity contribution is 0.395. The average molecular weight is 483 g/mol. The number of hydrogen-bond acceptors (Lipinski definition) is 6. The van der Waals surface area contributed by atoms with Gasteiger partial charge in [-0.2, -0.15) is 0 Å². The molecular weight excluding hydrogens is 455 g/mol. The van der Waals surface area contributed by atoms with Crippen molar-refractivity contribution in [3.8, 4) is 11.5 Å². The van der Waals surface area contributed by atoms with Gasteiger partial charge in [-0.25, -0.2) is 14.4 Å². The average Bonchev–Trinajstić information content (AvgIpc) is 2.79. The van der Waals surface area contributed by atoms with E-state index in [9.17, 15) is 4.39 Å². The first-order chi connectivity index (χ1) is 16.3. The number of ether oxygens (including phenoxy) is 2. The van der Waals surface area contributed by atoms with Crippen LogP contribution in [0, 0.1) is 19.7 Å². The van der Waals surface area contributed by atoms with Gasteiger partial charge < -0.3 is 20.1 Å². The van der Waals surface area contributed by atoms with Crippen LogP contribution in [0.2, 0.25) is 0 Å². The molecule has 0 amide bonds. The summed E-state index contributed by atoms with van der Waals surface area (Å²) in [7, 11) is 3.16. The lowest BCUT2D eigenvalue weighted by Gasteiger charge is -2.15. The second-order valence-corrected chi connectivity index (χ2v) is 7.79. The lowest BCUT2D eigenvalue weighted by atomic mass is 10.1. The van der Waals surface area contributed by atoms with Crippen LogP contribution in [0.3, 0.4) is 0 Å². The minimum absolute atomic E-state index is 0.270. The largest absolute Gasteiger partial charge is 0.497 e. The molecule has 0 bridgehead atoms. The second kappa shape index (κ2) is 11.9. The third-order valence-corrected chi connectivity index (χ3v) is 4.84. The molecule has 0 radical (unpaired) electrons. The molecule has 10 heteroatoms. The van der Waals surface area contributed by atoms with E-state index in [-0.39, 0.29) is 5.82 Å². The first-order valence-corrected chi connectivity index (χ1v) is 10.9. The van der Waals surface area contributed by atoms with E-state index < -0.39 is 0 Å². The lowest BCUT2D eigenvalue weighted by Crippen LogP contribution is -2.39. The summed E-state index contributed by atoms with van der Waals surface area (Å²) < 4.78 is 23.8. The molecule has 3 aromatic rings. The number of aromatic nitrogens is 2. The van der Waals surface area contributed by atoms with Crippen molar-refractivity contribution >= 4 is 34.9 Å². The number of methoxy groups -OCH3 is 2. The molecule has 0 saturated carbocycles. The standard InChI is InChI=1S/C24H27FN6O2S/c1-15-11-16(2)28-23(27-15)30-22(26-10-9-17-5-7-18(25)8-6-17)31-24(34)29-19-12-20(32-3)14-21(13-19)33-4/h5-8,11-14H,9-10H2,1-4H3,(H3,26,27,28,29,30,31,34). The molecule has 3 N–H and O–H groups in total. The quantitative estimate of drug-likeness (QED) is 0.262. The van der Waals surface area contributed by atoms with Crippen LogP contribution in [-0.2, 0) is 6.42 Å². The number of aliphatic imine (C=N–C) groups is 1. The van der Waals surface area contributed by atoms with Crippen molar-refractivity contribution < 1.29 is 13.9 Å². The molecule has 3 rings (SSSR count). The number of guanidine groups is 1. The highest BCUT2D eigenvalue weighted by molar-refractivity contribution is 7.80. The summed E-state index contributed by atoms with van der Waals surface area (Å²) in [4.78, 5) is 13.4. The van der Waals surface area contributed by atoms with E-state index >= 15 is 0 Å². The number of thiocarbonyl (C=S) groups is 1. The Morgan fingerprint density at radius 3 is 2.15 bits per heavy atom. The minimum Gasteiger partial charge on any atom is -0.497 e. The number of benzene rings is 2. The normalized spacial score (nSPS) is 11.0. The van der Waals surface area contributed by atoms with Gasteiger partial charge in [-0.1, -0.05) is 12.1 Å². The van der Waals surface area contributed by atoms with E-state index in [2.05, 4.69) is 30.9 Å². The van der Waals surface area contributed by atoms with Gasteiger partial charge in [-0.05, 0) is 56.2 Å². The third-order valence-electron chi connectivity index (χ3n) is 4.64. The van der Waals surface area contributed by atoms with Gasteiger partial charge >= 0.3 is 0 Å². The Morgan fingerprint density at radius 1 is 0.941 bits per heavy atom. The summed E-state index contributed by atoms with van der Waals surface area (Å²) in [5, 5.41) is 9.56. The number of halogens is 1. The summed E-state index contributed by atoms with van der Waals surface area (Å²) in [6, 6.07) is 13.6. The van der Waals surface area contributed by atoms with Crippen LogP contribution in [-0.4, -0.2) is 41.8 Å². The number of nitrogens with zero attached hydrogens (tertiary/aromatic N) is 3. The SMILES string of the molecule is COc1cc(NC(=S)NC(=NCCc2ccc(F)cc2)Nc2nc(C)cc(C)n2)cc(OC)c1. The highest BCUT2D eigenvalue weighted by Crippen LogP contribution is 2.25. The molecular formula is C24H27FN6O2S. The highest BCUT2D eigenvalue weighted by Gasteiger charge is 2.09. The maximum Gasteiger partial charge on any atom is 0.229 e. The second-order valence-electron chi connectivity index (χ2n) is 7.39. The van der Waals surface area contributed by atoms with E-state index in [1.807, 2.05) is 19.9 Å². The molecule has 0 atom stereocenters. The fourth-order valence-electron chi connectivity index (χ4n) is 3.10. The minimum atomic E-state index is -0.270. The summed E-state index contributed by atoms with van der Waals surface area (Å²) in [5.41, 5.74) is 3.30. The van der Waals surface area contributed by atoms with E-state index in [4.69, 9.17) is 21.7 Å². The zero-order chi connectivity index (χ0) is 24.5. The molecule has 0 saturated heterocycles. The third kappa shape index (κ3) is 7.66. The van der Waals surface area contributed by atoms with Gasteiger partial charge in [0.15, 0.2) is 5.11 Å². The van der Waals surface area contributed by atoms with Crippen LogP contribution < -0.4 is 25.4 Å². The van der Waals surface area contributed by atoms with E-state index in [1.165, 1.54) is 12.1 Å². The van der Waals surface area contributed by atoms with Crippen molar-refractivity contribution in [2.24, 2.45) is 4.99 Å². The number of rotatable bonds is 7. The van der Waals surface area contributed by atoms with Crippen LogP contribution in [0.4, 0.5) is 16.0 Å². The number of aryl methyl sites for hydroxylation is 2. The molecule has 8 nitrogen and oxygen atoms in total. The van der Waals surface area contributed by atoms with Crippen LogP contribution >= 0.6 is 12.2 Å². The first kappa shape index (κ1) is 24.8. The summed E-state index contributed by atoms with van der Waals surface area (Å²) >= 11 is 5.49. The Labute approximate surface area is 203 Å².